The summed E-state index contributed by atoms with van der Waals surface area (Å²) in [5.74, 6) is -0.0524. The van der Waals surface area contributed by atoms with Gasteiger partial charge in [-0.05, 0) is 44.2 Å². The van der Waals surface area contributed by atoms with E-state index in [0.717, 1.165) is 22.8 Å². The van der Waals surface area contributed by atoms with Crippen molar-refractivity contribution < 1.29 is 4.79 Å². The van der Waals surface area contributed by atoms with Gasteiger partial charge in [-0.25, -0.2) is 4.68 Å². The number of allylic oxidation sites excluding steroid dienone is 1. The molecule has 5 nitrogen and oxygen atoms in total. The van der Waals surface area contributed by atoms with Crippen molar-refractivity contribution in [3.63, 3.8) is 0 Å². The number of carbonyl (C=O) groups excluding carboxylic acids is 1. The standard InChI is InChI=1S/C18H18N4O/c1-13-18(17(23)10-9-15-11-12-19-21(15)3)14(2)22(20-13)16-7-5-4-6-8-16/h4-12H,1-3H3/b10-9-. The van der Waals surface area contributed by atoms with E-state index < -0.39 is 0 Å². The van der Waals surface area contributed by atoms with Crippen molar-refractivity contribution in [2.45, 2.75) is 13.8 Å². The second-order valence-electron chi connectivity index (χ2n) is 5.37. The summed E-state index contributed by atoms with van der Waals surface area (Å²) in [6.07, 6.45) is 5.05. The normalized spacial score (nSPS) is 11.3. The molecular formula is C18H18N4O. The van der Waals surface area contributed by atoms with Crippen molar-refractivity contribution in [2.24, 2.45) is 7.05 Å². The quantitative estimate of drug-likeness (QED) is 0.550. The van der Waals surface area contributed by atoms with E-state index in [-0.39, 0.29) is 5.78 Å². The molecule has 116 valence electrons. The van der Waals surface area contributed by atoms with Crippen LogP contribution in [0.5, 0.6) is 0 Å². The molecule has 5 heteroatoms. The van der Waals surface area contributed by atoms with Crippen LogP contribution in [0.3, 0.4) is 0 Å². The highest BCUT2D eigenvalue weighted by Gasteiger charge is 2.17. The van der Waals surface area contributed by atoms with Crippen molar-refractivity contribution in [1.29, 1.82) is 0 Å². The summed E-state index contributed by atoms with van der Waals surface area (Å²) in [6, 6.07) is 11.7. The monoisotopic (exact) mass is 306 g/mol. The zero-order valence-corrected chi connectivity index (χ0v) is 13.4. The SMILES string of the molecule is Cc1nn(-c2ccccc2)c(C)c1C(=O)/C=C\c1ccnn1C. The lowest BCUT2D eigenvalue weighted by Gasteiger charge is -2.04. The fraction of sp³-hybridized carbons (Fsp3) is 0.167. The lowest BCUT2D eigenvalue weighted by molar-refractivity contribution is 0.104. The van der Waals surface area contributed by atoms with Crippen molar-refractivity contribution in [3.8, 4) is 5.69 Å². The molecule has 0 spiro atoms. The fourth-order valence-electron chi connectivity index (χ4n) is 2.61. The maximum absolute atomic E-state index is 12.6. The Morgan fingerprint density at radius 1 is 1.13 bits per heavy atom. The van der Waals surface area contributed by atoms with Gasteiger partial charge in [0.1, 0.15) is 0 Å². The second-order valence-corrected chi connectivity index (χ2v) is 5.37. The van der Waals surface area contributed by atoms with Crippen LogP contribution in [0.15, 0.2) is 48.7 Å². The molecule has 23 heavy (non-hydrogen) atoms. The Bertz CT molecular complexity index is 872. The van der Waals surface area contributed by atoms with Crippen molar-refractivity contribution in [3.05, 3.63) is 71.3 Å². The minimum absolute atomic E-state index is 0.0524. The zero-order valence-electron chi connectivity index (χ0n) is 13.4. The summed E-state index contributed by atoms with van der Waals surface area (Å²) < 4.78 is 3.53. The number of rotatable bonds is 4. The summed E-state index contributed by atoms with van der Waals surface area (Å²) in [4.78, 5) is 12.6. The second kappa shape index (κ2) is 6.04. The van der Waals surface area contributed by atoms with E-state index >= 15 is 0 Å². The number of hydrogen-bond donors (Lipinski definition) is 0. The first-order valence-corrected chi connectivity index (χ1v) is 7.40. The summed E-state index contributed by atoms with van der Waals surface area (Å²) >= 11 is 0. The first-order chi connectivity index (χ1) is 11.1. The van der Waals surface area contributed by atoms with E-state index in [0.29, 0.717) is 5.56 Å². The van der Waals surface area contributed by atoms with Gasteiger partial charge in [0.25, 0.3) is 0 Å². The molecule has 1 aromatic carbocycles. The molecule has 0 amide bonds. The van der Waals surface area contributed by atoms with Crippen LogP contribution in [0.1, 0.15) is 27.4 Å². The molecule has 0 aliphatic carbocycles. The molecule has 2 aromatic heterocycles. The Hall–Kier alpha value is -2.95. The molecule has 3 aromatic rings. The van der Waals surface area contributed by atoms with E-state index in [4.69, 9.17) is 0 Å². The number of hydrogen-bond acceptors (Lipinski definition) is 3. The predicted molar refractivity (Wildman–Crippen MR) is 89.6 cm³/mol. The van der Waals surface area contributed by atoms with Crippen LogP contribution in [-0.4, -0.2) is 25.3 Å². The lowest BCUT2D eigenvalue weighted by Crippen LogP contribution is -2.02. The van der Waals surface area contributed by atoms with Gasteiger partial charge in [0.05, 0.1) is 28.3 Å². The smallest absolute Gasteiger partial charge is 0.189 e. The van der Waals surface area contributed by atoms with Gasteiger partial charge < -0.3 is 0 Å². The number of nitrogens with zero attached hydrogens (tertiary/aromatic N) is 4. The molecule has 0 aliphatic heterocycles. The highest BCUT2D eigenvalue weighted by atomic mass is 16.1. The van der Waals surface area contributed by atoms with Crippen LogP contribution in [0.2, 0.25) is 0 Å². The number of aromatic nitrogens is 4. The Balaban J connectivity index is 1.94. The zero-order chi connectivity index (χ0) is 16.4. The van der Waals surface area contributed by atoms with E-state index in [1.807, 2.05) is 57.3 Å². The first-order valence-electron chi connectivity index (χ1n) is 7.40. The predicted octanol–water partition coefficient (Wildman–Crippen LogP) is 3.12. The van der Waals surface area contributed by atoms with E-state index in [1.54, 1.807) is 27.7 Å². The number of carbonyl (C=O) groups is 1. The summed E-state index contributed by atoms with van der Waals surface area (Å²) in [6.45, 7) is 3.77. The average molecular weight is 306 g/mol. The molecule has 3 rings (SSSR count). The maximum Gasteiger partial charge on any atom is 0.189 e. The molecule has 2 heterocycles. The molecule has 0 saturated heterocycles. The molecule has 0 aliphatic rings. The number of para-hydroxylation sites is 1. The van der Waals surface area contributed by atoms with Gasteiger partial charge in [-0.3, -0.25) is 9.48 Å². The molecule has 0 N–H and O–H groups in total. The Morgan fingerprint density at radius 2 is 1.87 bits per heavy atom. The third-order valence-electron chi connectivity index (χ3n) is 3.80. The Kier molecular flexibility index (Phi) is 3.93. The summed E-state index contributed by atoms with van der Waals surface area (Å²) in [5, 5.41) is 8.59. The Morgan fingerprint density at radius 3 is 2.52 bits per heavy atom. The molecule has 0 unspecified atom stereocenters. The molecule has 0 bridgehead atoms. The van der Waals surface area contributed by atoms with Gasteiger partial charge in [0, 0.05) is 13.2 Å². The highest BCUT2D eigenvalue weighted by Crippen LogP contribution is 2.19. The van der Waals surface area contributed by atoms with Gasteiger partial charge in [-0.2, -0.15) is 10.2 Å². The van der Waals surface area contributed by atoms with Crippen molar-refractivity contribution in [2.75, 3.05) is 0 Å². The van der Waals surface area contributed by atoms with Gasteiger partial charge in [0.15, 0.2) is 5.78 Å². The van der Waals surface area contributed by atoms with Gasteiger partial charge in [0.2, 0.25) is 0 Å². The van der Waals surface area contributed by atoms with Crippen molar-refractivity contribution >= 4 is 11.9 Å². The largest absolute Gasteiger partial charge is 0.289 e. The first kappa shape index (κ1) is 15.0. The van der Waals surface area contributed by atoms with Gasteiger partial charge in [-0.1, -0.05) is 18.2 Å². The minimum Gasteiger partial charge on any atom is -0.289 e. The number of aryl methyl sites for hydroxylation is 2. The van der Waals surface area contributed by atoms with Crippen molar-refractivity contribution in [1.82, 2.24) is 19.6 Å². The number of ketones is 1. The number of benzene rings is 1. The highest BCUT2D eigenvalue weighted by molar-refractivity contribution is 6.08. The van der Waals surface area contributed by atoms with Crippen LogP contribution < -0.4 is 0 Å². The lowest BCUT2D eigenvalue weighted by atomic mass is 10.1. The molecular weight excluding hydrogens is 288 g/mol. The molecule has 0 atom stereocenters. The van der Waals surface area contributed by atoms with E-state index in [9.17, 15) is 4.79 Å². The summed E-state index contributed by atoms with van der Waals surface area (Å²) in [5.41, 5.74) is 4.04. The van der Waals surface area contributed by atoms with Crippen LogP contribution >= 0.6 is 0 Å². The van der Waals surface area contributed by atoms with E-state index in [1.165, 1.54) is 0 Å². The van der Waals surface area contributed by atoms with Crippen LogP contribution in [0.25, 0.3) is 11.8 Å². The van der Waals surface area contributed by atoms with Crippen LogP contribution in [0.4, 0.5) is 0 Å². The summed E-state index contributed by atoms with van der Waals surface area (Å²) in [7, 11) is 1.84. The van der Waals surface area contributed by atoms with E-state index in [2.05, 4.69) is 10.2 Å². The fourth-order valence-corrected chi connectivity index (χ4v) is 2.61. The maximum atomic E-state index is 12.6. The third kappa shape index (κ3) is 2.85. The van der Waals surface area contributed by atoms with Crippen LogP contribution in [-0.2, 0) is 7.05 Å². The van der Waals surface area contributed by atoms with Gasteiger partial charge in [-0.15, -0.1) is 0 Å². The molecule has 0 radical (unpaired) electrons. The molecule has 0 saturated carbocycles. The average Bonchev–Trinajstić information content (AvgIpc) is 3.09. The molecule has 0 fully saturated rings. The van der Waals surface area contributed by atoms with Gasteiger partial charge >= 0.3 is 0 Å². The van der Waals surface area contributed by atoms with Crippen LogP contribution in [0, 0.1) is 13.8 Å². The minimum atomic E-state index is -0.0524. The third-order valence-corrected chi connectivity index (χ3v) is 3.80. The topological polar surface area (TPSA) is 52.7 Å². The Labute approximate surface area is 134 Å².